The van der Waals surface area contributed by atoms with Crippen molar-refractivity contribution in [2.24, 2.45) is 11.8 Å². The molecule has 0 radical (unpaired) electrons. The fourth-order valence-electron chi connectivity index (χ4n) is 6.29. The van der Waals surface area contributed by atoms with Crippen molar-refractivity contribution >= 4 is 5.91 Å². The van der Waals surface area contributed by atoms with E-state index >= 15 is 0 Å². The third kappa shape index (κ3) is 4.64. The van der Waals surface area contributed by atoms with Gasteiger partial charge in [0.1, 0.15) is 6.17 Å². The molecule has 2 aliphatic carbocycles. The fourth-order valence-corrected chi connectivity index (χ4v) is 6.29. The lowest BCUT2D eigenvalue weighted by Crippen LogP contribution is -2.53. The van der Waals surface area contributed by atoms with E-state index in [1.54, 1.807) is 0 Å². The molecule has 2 N–H and O–H groups in total. The number of carbonyl (C=O) groups is 1. The van der Waals surface area contributed by atoms with Crippen LogP contribution in [0.1, 0.15) is 71.6 Å². The second-order valence-electron chi connectivity index (χ2n) is 10.4. The van der Waals surface area contributed by atoms with E-state index in [4.69, 9.17) is 4.74 Å². The van der Waals surface area contributed by atoms with Crippen LogP contribution in [-0.2, 0) is 9.53 Å². The topological polar surface area (TPSA) is 53.6 Å². The van der Waals surface area contributed by atoms with E-state index in [1.807, 2.05) is 7.11 Å². The molecule has 29 heavy (non-hydrogen) atoms. The predicted octanol–water partition coefficient (Wildman–Crippen LogP) is 3.03. The van der Waals surface area contributed by atoms with Crippen LogP contribution in [0, 0.1) is 11.8 Å². The molecule has 0 aromatic heterocycles. The number of rotatable bonds is 4. The van der Waals surface area contributed by atoms with Gasteiger partial charge in [-0.3, -0.25) is 4.79 Å². The largest absolute Gasteiger partial charge is 0.378 e. The quantitative estimate of drug-likeness (QED) is 0.749. The first kappa shape index (κ1) is 21.5. The average Bonchev–Trinajstić information content (AvgIpc) is 3.19. The molecule has 0 aromatic carbocycles. The number of ether oxygens (including phenoxy) is 1. The Morgan fingerprint density at radius 2 is 1.93 bits per heavy atom. The number of halogens is 1. The maximum atomic E-state index is 14.4. The number of amides is 1. The van der Waals surface area contributed by atoms with Crippen molar-refractivity contribution in [1.29, 1.82) is 0 Å². The second kappa shape index (κ2) is 8.80. The van der Waals surface area contributed by atoms with Gasteiger partial charge in [-0.25, -0.2) is 4.39 Å². The molecular weight excluding hydrogens is 369 g/mol. The molecule has 166 valence electrons. The average molecular weight is 410 g/mol. The number of alkyl halides is 1. The summed E-state index contributed by atoms with van der Waals surface area (Å²) in [6, 6.07) is 0.753. The Kier molecular flexibility index (Phi) is 6.52. The lowest BCUT2D eigenvalue weighted by molar-refractivity contribution is -0.124. The molecule has 2 saturated carbocycles. The first-order valence-corrected chi connectivity index (χ1v) is 11.9. The lowest BCUT2D eigenvalue weighted by Gasteiger charge is -2.44. The number of hydrogen-bond acceptors (Lipinski definition) is 4. The molecule has 0 bridgehead atoms. The minimum atomic E-state index is -0.752. The molecule has 6 heteroatoms. The SMILES string of the molecule is COC1(C)CCN(C2CCCC(NC(=O)C3CC4C(F)CCC(C)C4N3)C2)CC1. The minimum absolute atomic E-state index is 0.0112. The molecule has 2 heterocycles. The van der Waals surface area contributed by atoms with Gasteiger partial charge in [-0.15, -0.1) is 0 Å². The van der Waals surface area contributed by atoms with Crippen LogP contribution in [0.3, 0.4) is 0 Å². The van der Waals surface area contributed by atoms with Crippen LogP contribution in [0.2, 0.25) is 0 Å². The van der Waals surface area contributed by atoms with Gasteiger partial charge in [-0.1, -0.05) is 6.92 Å². The van der Waals surface area contributed by atoms with Crippen LogP contribution >= 0.6 is 0 Å². The Bertz CT molecular complexity index is 562. The van der Waals surface area contributed by atoms with Crippen molar-refractivity contribution < 1.29 is 13.9 Å². The molecule has 4 rings (SSSR count). The standard InChI is InChI=1S/C23H40FN3O2/c1-15-7-8-19(24)18-14-20(26-21(15)18)22(28)25-16-5-4-6-17(13-16)27-11-9-23(2,29-3)10-12-27/h15-21,26H,4-14H2,1-3H3,(H,25,28). The predicted molar refractivity (Wildman–Crippen MR) is 113 cm³/mol. The van der Waals surface area contributed by atoms with Gasteiger partial charge in [0.25, 0.3) is 0 Å². The van der Waals surface area contributed by atoms with E-state index in [0.29, 0.717) is 24.8 Å². The first-order valence-electron chi connectivity index (χ1n) is 11.9. The van der Waals surface area contributed by atoms with Crippen LogP contribution < -0.4 is 10.6 Å². The third-order valence-electron chi connectivity index (χ3n) is 8.51. The van der Waals surface area contributed by atoms with E-state index in [2.05, 4.69) is 29.4 Å². The minimum Gasteiger partial charge on any atom is -0.378 e. The molecule has 0 spiro atoms. The third-order valence-corrected chi connectivity index (χ3v) is 8.51. The van der Waals surface area contributed by atoms with Crippen LogP contribution in [0.4, 0.5) is 4.39 Å². The van der Waals surface area contributed by atoms with Gasteiger partial charge in [-0.2, -0.15) is 0 Å². The van der Waals surface area contributed by atoms with Gasteiger partial charge in [-0.05, 0) is 70.6 Å². The van der Waals surface area contributed by atoms with Crippen molar-refractivity contribution in [3.63, 3.8) is 0 Å². The Morgan fingerprint density at radius 3 is 2.62 bits per heavy atom. The van der Waals surface area contributed by atoms with Crippen molar-refractivity contribution in [1.82, 2.24) is 15.5 Å². The second-order valence-corrected chi connectivity index (χ2v) is 10.4. The highest BCUT2D eigenvalue weighted by molar-refractivity contribution is 5.82. The first-order chi connectivity index (χ1) is 13.9. The number of fused-ring (bicyclic) bond motifs is 1. The fraction of sp³-hybridized carbons (Fsp3) is 0.957. The van der Waals surface area contributed by atoms with Crippen molar-refractivity contribution in [2.45, 2.75) is 108 Å². The number of methoxy groups -OCH3 is 1. The molecule has 4 fully saturated rings. The zero-order valence-electron chi connectivity index (χ0n) is 18.5. The Balaban J connectivity index is 1.28. The summed E-state index contributed by atoms with van der Waals surface area (Å²) in [5.74, 6) is 0.563. The maximum Gasteiger partial charge on any atom is 0.237 e. The van der Waals surface area contributed by atoms with Crippen molar-refractivity contribution in [2.75, 3.05) is 20.2 Å². The monoisotopic (exact) mass is 409 g/mol. The Hall–Kier alpha value is -0.720. The normalized spacial score (nSPS) is 43.0. The van der Waals surface area contributed by atoms with Gasteiger partial charge < -0.3 is 20.3 Å². The van der Waals surface area contributed by atoms with E-state index in [1.165, 1.54) is 12.8 Å². The highest BCUT2D eigenvalue weighted by atomic mass is 19.1. The number of hydrogen-bond donors (Lipinski definition) is 2. The zero-order valence-corrected chi connectivity index (χ0v) is 18.5. The zero-order chi connectivity index (χ0) is 20.6. The number of likely N-dealkylation sites (tertiary alicyclic amines) is 1. The molecular formula is C23H40FN3O2. The summed E-state index contributed by atoms with van der Waals surface area (Å²) in [6.45, 7) is 6.57. The van der Waals surface area contributed by atoms with Gasteiger partial charge in [0.15, 0.2) is 0 Å². The summed E-state index contributed by atoms with van der Waals surface area (Å²) >= 11 is 0. The highest BCUT2D eigenvalue weighted by Gasteiger charge is 2.46. The van der Waals surface area contributed by atoms with E-state index < -0.39 is 6.17 Å². The van der Waals surface area contributed by atoms with Gasteiger partial charge in [0.2, 0.25) is 5.91 Å². The van der Waals surface area contributed by atoms with Gasteiger partial charge in [0.05, 0.1) is 11.6 Å². The summed E-state index contributed by atoms with van der Waals surface area (Å²) < 4.78 is 20.0. The highest BCUT2D eigenvalue weighted by Crippen LogP contribution is 2.39. The van der Waals surface area contributed by atoms with Gasteiger partial charge in [0, 0.05) is 44.2 Å². The van der Waals surface area contributed by atoms with Gasteiger partial charge >= 0.3 is 0 Å². The van der Waals surface area contributed by atoms with Crippen molar-refractivity contribution in [3.8, 4) is 0 Å². The lowest BCUT2D eigenvalue weighted by atomic mass is 9.77. The number of nitrogens with one attached hydrogen (secondary N) is 2. The molecule has 1 amide bonds. The smallest absolute Gasteiger partial charge is 0.237 e. The molecule has 2 aliphatic heterocycles. The van der Waals surface area contributed by atoms with Crippen LogP contribution in [-0.4, -0.2) is 66.9 Å². The molecule has 5 nitrogen and oxygen atoms in total. The summed E-state index contributed by atoms with van der Waals surface area (Å²) in [6.07, 6.45) is 8.13. The number of piperidine rings is 1. The summed E-state index contributed by atoms with van der Waals surface area (Å²) in [7, 11) is 1.82. The van der Waals surface area contributed by atoms with Crippen LogP contribution in [0.15, 0.2) is 0 Å². The van der Waals surface area contributed by atoms with E-state index in [0.717, 1.165) is 45.2 Å². The molecule has 2 saturated heterocycles. The molecule has 7 unspecified atom stereocenters. The maximum absolute atomic E-state index is 14.4. The van der Waals surface area contributed by atoms with Crippen LogP contribution in [0.25, 0.3) is 0 Å². The molecule has 7 atom stereocenters. The summed E-state index contributed by atoms with van der Waals surface area (Å²) in [5, 5.41) is 6.80. The Labute approximate surface area is 175 Å². The molecule has 0 aromatic rings. The number of nitrogens with zero attached hydrogens (tertiary/aromatic N) is 1. The summed E-state index contributed by atoms with van der Waals surface area (Å²) in [5.41, 5.74) is 0.0229. The van der Waals surface area contributed by atoms with E-state index in [-0.39, 0.29) is 35.6 Å². The summed E-state index contributed by atoms with van der Waals surface area (Å²) in [4.78, 5) is 15.6. The van der Waals surface area contributed by atoms with Crippen LogP contribution in [0.5, 0.6) is 0 Å². The number of carbonyl (C=O) groups excluding carboxylic acids is 1. The van der Waals surface area contributed by atoms with Crippen molar-refractivity contribution in [3.05, 3.63) is 0 Å². The molecule has 4 aliphatic rings. The van der Waals surface area contributed by atoms with E-state index in [9.17, 15) is 9.18 Å². The Morgan fingerprint density at radius 1 is 1.17 bits per heavy atom.